The van der Waals surface area contributed by atoms with Crippen molar-refractivity contribution in [3.05, 3.63) is 94.5 Å². The lowest BCUT2D eigenvalue weighted by atomic mass is 9.79. The Morgan fingerprint density at radius 3 is 1.72 bits per heavy atom. The fourth-order valence-corrected chi connectivity index (χ4v) is 5.20. The van der Waals surface area contributed by atoms with Crippen molar-refractivity contribution < 1.29 is 19.1 Å². The molecular formula is C32H36O4. The SMILES string of the molecule is CCCc1cc(CCC)c(C2CCCCC2)c(OC(=O)c2ccccc2)c1OC(=O)c1ccccc1. The zero-order valence-corrected chi connectivity index (χ0v) is 21.4. The molecule has 1 aliphatic carbocycles. The average molecular weight is 485 g/mol. The summed E-state index contributed by atoms with van der Waals surface area (Å²) in [5, 5.41) is 0. The lowest BCUT2D eigenvalue weighted by molar-refractivity contribution is 0.0678. The number of ether oxygens (including phenoxy) is 2. The fourth-order valence-electron chi connectivity index (χ4n) is 5.20. The number of rotatable bonds is 9. The molecule has 0 amide bonds. The van der Waals surface area contributed by atoms with E-state index in [1.165, 1.54) is 12.0 Å². The molecule has 4 heteroatoms. The quantitative estimate of drug-likeness (QED) is 0.228. The number of carbonyl (C=O) groups is 2. The van der Waals surface area contributed by atoms with E-state index >= 15 is 0 Å². The van der Waals surface area contributed by atoms with Gasteiger partial charge in [0.1, 0.15) is 0 Å². The van der Waals surface area contributed by atoms with E-state index in [0.717, 1.165) is 62.5 Å². The molecule has 0 unspecified atom stereocenters. The molecule has 0 bridgehead atoms. The van der Waals surface area contributed by atoms with Gasteiger partial charge in [0.15, 0.2) is 11.5 Å². The van der Waals surface area contributed by atoms with Crippen LogP contribution in [-0.2, 0) is 12.8 Å². The van der Waals surface area contributed by atoms with Crippen LogP contribution in [-0.4, -0.2) is 11.9 Å². The van der Waals surface area contributed by atoms with Gasteiger partial charge < -0.3 is 9.47 Å². The molecule has 4 rings (SSSR count). The standard InChI is InChI=1S/C32H36O4/c1-3-14-26-22-27(15-4-2)29(35-31(33)24-18-10-6-11-19-24)30(28(26)23-16-8-5-9-17-23)36-32(34)25-20-12-7-13-21-25/h6-7,10-13,18-23H,3-5,8-9,14-17H2,1-2H3. The van der Waals surface area contributed by atoms with Crippen LogP contribution in [0, 0.1) is 0 Å². The molecule has 1 saturated carbocycles. The largest absolute Gasteiger partial charge is 0.419 e. The van der Waals surface area contributed by atoms with Crippen LogP contribution < -0.4 is 9.47 Å². The Bertz CT molecular complexity index is 1160. The fraction of sp³-hybridized carbons (Fsp3) is 0.375. The van der Waals surface area contributed by atoms with Crippen LogP contribution in [0.1, 0.15) is 102 Å². The Labute approximate surface area is 214 Å². The zero-order chi connectivity index (χ0) is 25.3. The predicted molar refractivity (Wildman–Crippen MR) is 143 cm³/mol. The first-order valence-corrected chi connectivity index (χ1v) is 13.3. The highest BCUT2D eigenvalue weighted by atomic mass is 16.6. The van der Waals surface area contributed by atoms with Gasteiger partial charge in [-0.15, -0.1) is 0 Å². The van der Waals surface area contributed by atoms with Gasteiger partial charge in [-0.05, 0) is 67.0 Å². The molecule has 0 radical (unpaired) electrons. The monoisotopic (exact) mass is 484 g/mol. The van der Waals surface area contributed by atoms with Gasteiger partial charge in [-0.25, -0.2) is 9.59 Å². The molecule has 0 saturated heterocycles. The van der Waals surface area contributed by atoms with Crippen molar-refractivity contribution in [2.45, 2.75) is 77.6 Å². The minimum atomic E-state index is -0.442. The van der Waals surface area contributed by atoms with E-state index in [0.29, 0.717) is 22.6 Å². The molecule has 0 heterocycles. The van der Waals surface area contributed by atoms with Gasteiger partial charge in [-0.2, -0.15) is 0 Å². The normalized spacial score (nSPS) is 13.8. The number of hydrogen-bond donors (Lipinski definition) is 0. The molecular weight excluding hydrogens is 448 g/mol. The van der Waals surface area contributed by atoms with Crippen molar-refractivity contribution in [2.24, 2.45) is 0 Å². The second kappa shape index (κ2) is 12.5. The number of aryl methyl sites for hydroxylation is 2. The van der Waals surface area contributed by atoms with Crippen LogP contribution in [0.15, 0.2) is 66.7 Å². The van der Waals surface area contributed by atoms with Gasteiger partial charge in [0.05, 0.1) is 11.1 Å². The lowest BCUT2D eigenvalue weighted by Gasteiger charge is -2.29. The van der Waals surface area contributed by atoms with Crippen LogP contribution in [0.3, 0.4) is 0 Å². The number of carbonyl (C=O) groups excluding carboxylic acids is 2. The molecule has 4 nitrogen and oxygen atoms in total. The molecule has 188 valence electrons. The first-order chi connectivity index (χ1) is 17.6. The molecule has 36 heavy (non-hydrogen) atoms. The van der Waals surface area contributed by atoms with E-state index in [-0.39, 0.29) is 5.92 Å². The second-order valence-corrected chi connectivity index (χ2v) is 9.61. The van der Waals surface area contributed by atoms with Gasteiger partial charge in [-0.3, -0.25) is 0 Å². The summed E-state index contributed by atoms with van der Waals surface area (Å²) in [5.41, 5.74) is 4.13. The van der Waals surface area contributed by atoms with Crippen LogP contribution >= 0.6 is 0 Å². The maximum atomic E-state index is 13.3. The Morgan fingerprint density at radius 1 is 0.694 bits per heavy atom. The van der Waals surface area contributed by atoms with Gasteiger partial charge in [0, 0.05) is 5.56 Å². The van der Waals surface area contributed by atoms with Crippen molar-refractivity contribution in [3.63, 3.8) is 0 Å². The smallest absolute Gasteiger partial charge is 0.343 e. The van der Waals surface area contributed by atoms with E-state index in [2.05, 4.69) is 19.9 Å². The van der Waals surface area contributed by atoms with Crippen molar-refractivity contribution >= 4 is 11.9 Å². The van der Waals surface area contributed by atoms with Crippen molar-refractivity contribution in [3.8, 4) is 11.5 Å². The van der Waals surface area contributed by atoms with Crippen molar-refractivity contribution in [1.82, 2.24) is 0 Å². The minimum Gasteiger partial charge on any atom is -0.419 e. The summed E-state index contributed by atoms with van der Waals surface area (Å²) in [6.45, 7) is 4.27. The first-order valence-electron chi connectivity index (χ1n) is 13.3. The summed E-state index contributed by atoms with van der Waals surface area (Å²) in [6, 6.07) is 20.2. The maximum absolute atomic E-state index is 13.3. The summed E-state index contributed by atoms with van der Waals surface area (Å²) >= 11 is 0. The van der Waals surface area contributed by atoms with Crippen LogP contribution in [0.5, 0.6) is 11.5 Å². The Balaban J connectivity index is 1.88. The minimum absolute atomic E-state index is 0.281. The highest BCUT2D eigenvalue weighted by molar-refractivity contribution is 5.93. The maximum Gasteiger partial charge on any atom is 0.343 e. The summed E-state index contributed by atoms with van der Waals surface area (Å²) in [7, 11) is 0. The van der Waals surface area contributed by atoms with Crippen LogP contribution in [0.4, 0.5) is 0 Å². The molecule has 0 spiro atoms. The molecule has 0 atom stereocenters. The predicted octanol–water partition coefficient (Wildman–Crippen LogP) is 8.08. The van der Waals surface area contributed by atoms with Crippen molar-refractivity contribution in [1.29, 1.82) is 0 Å². The first kappa shape index (κ1) is 25.7. The molecule has 1 aliphatic rings. The Kier molecular flexibility index (Phi) is 8.94. The molecule has 0 aromatic heterocycles. The van der Waals surface area contributed by atoms with E-state index in [4.69, 9.17) is 9.47 Å². The highest BCUT2D eigenvalue weighted by Gasteiger charge is 2.30. The molecule has 3 aromatic rings. The number of esters is 2. The molecule has 0 N–H and O–H groups in total. The second-order valence-electron chi connectivity index (χ2n) is 9.61. The summed E-state index contributed by atoms with van der Waals surface area (Å²) in [6.07, 6.45) is 9.12. The molecule has 3 aromatic carbocycles. The Morgan fingerprint density at radius 2 is 1.19 bits per heavy atom. The van der Waals surface area contributed by atoms with Gasteiger partial charge in [0.25, 0.3) is 0 Å². The van der Waals surface area contributed by atoms with Crippen LogP contribution in [0.2, 0.25) is 0 Å². The molecule has 0 aliphatic heterocycles. The summed E-state index contributed by atoms with van der Waals surface area (Å²) < 4.78 is 12.3. The summed E-state index contributed by atoms with van der Waals surface area (Å²) in [5.74, 6) is 0.247. The Hall–Kier alpha value is -3.40. The highest BCUT2D eigenvalue weighted by Crippen LogP contribution is 2.47. The van der Waals surface area contributed by atoms with Gasteiger partial charge >= 0.3 is 11.9 Å². The average Bonchev–Trinajstić information content (AvgIpc) is 2.92. The van der Waals surface area contributed by atoms with Crippen molar-refractivity contribution in [2.75, 3.05) is 0 Å². The zero-order valence-electron chi connectivity index (χ0n) is 21.4. The summed E-state index contributed by atoms with van der Waals surface area (Å²) in [4.78, 5) is 26.5. The topological polar surface area (TPSA) is 52.6 Å². The van der Waals surface area contributed by atoms with E-state index in [1.807, 2.05) is 36.4 Å². The van der Waals surface area contributed by atoms with E-state index in [1.54, 1.807) is 24.3 Å². The van der Waals surface area contributed by atoms with Gasteiger partial charge in [0.2, 0.25) is 0 Å². The van der Waals surface area contributed by atoms with E-state index in [9.17, 15) is 9.59 Å². The van der Waals surface area contributed by atoms with Crippen LogP contribution in [0.25, 0.3) is 0 Å². The van der Waals surface area contributed by atoms with E-state index < -0.39 is 11.9 Å². The third kappa shape index (κ3) is 6.04. The van der Waals surface area contributed by atoms with Gasteiger partial charge in [-0.1, -0.05) is 88.4 Å². The number of benzene rings is 3. The third-order valence-corrected chi connectivity index (χ3v) is 6.90. The third-order valence-electron chi connectivity index (χ3n) is 6.90. The lowest BCUT2D eigenvalue weighted by Crippen LogP contribution is -2.18. The number of hydrogen-bond acceptors (Lipinski definition) is 4. The molecule has 1 fully saturated rings.